The molecule has 0 spiro atoms. The molecule has 0 heterocycles. The van der Waals surface area contributed by atoms with Gasteiger partial charge < -0.3 is 9.64 Å². The predicted molar refractivity (Wildman–Crippen MR) is 89.5 cm³/mol. The average Bonchev–Trinajstić information content (AvgIpc) is 2.51. The van der Waals surface area contributed by atoms with E-state index in [4.69, 9.17) is 27.9 Å². The van der Waals surface area contributed by atoms with Crippen molar-refractivity contribution in [2.75, 3.05) is 7.05 Å². The lowest BCUT2D eigenvalue weighted by atomic mass is 10.2. The molecule has 1 atom stereocenters. The summed E-state index contributed by atoms with van der Waals surface area (Å²) >= 11 is 11.7. The van der Waals surface area contributed by atoms with Crippen molar-refractivity contribution in [3.8, 4) is 5.75 Å². The second-order valence-electron chi connectivity index (χ2n) is 5.03. The minimum Gasteiger partial charge on any atom is -0.481 e. The van der Waals surface area contributed by atoms with Crippen LogP contribution in [0.15, 0.2) is 48.5 Å². The Kier molecular flexibility index (Phi) is 5.69. The molecule has 3 nitrogen and oxygen atoms in total. The number of benzene rings is 2. The van der Waals surface area contributed by atoms with Crippen LogP contribution in [-0.4, -0.2) is 24.0 Å². The van der Waals surface area contributed by atoms with E-state index in [2.05, 4.69) is 0 Å². The fourth-order valence-corrected chi connectivity index (χ4v) is 2.27. The number of amides is 1. The topological polar surface area (TPSA) is 29.5 Å². The van der Waals surface area contributed by atoms with Crippen LogP contribution in [0.4, 0.5) is 0 Å². The molecule has 2 rings (SSSR count). The summed E-state index contributed by atoms with van der Waals surface area (Å²) in [6.07, 6.45) is -0.571. The maximum atomic E-state index is 12.3. The van der Waals surface area contributed by atoms with E-state index in [9.17, 15) is 4.79 Å². The van der Waals surface area contributed by atoms with Gasteiger partial charge in [-0.05, 0) is 48.9 Å². The third-order valence-corrected chi connectivity index (χ3v) is 3.69. The van der Waals surface area contributed by atoms with Crippen molar-refractivity contribution in [1.29, 1.82) is 0 Å². The highest BCUT2D eigenvalue weighted by atomic mass is 35.5. The van der Waals surface area contributed by atoms with E-state index in [-0.39, 0.29) is 5.91 Å². The summed E-state index contributed by atoms with van der Waals surface area (Å²) in [6.45, 7) is 2.24. The molecule has 0 aromatic heterocycles. The molecule has 0 aliphatic heterocycles. The van der Waals surface area contributed by atoms with Gasteiger partial charge in [-0.1, -0.05) is 35.3 Å². The van der Waals surface area contributed by atoms with Crippen molar-refractivity contribution in [1.82, 2.24) is 4.90 Å². The van der Waals surface area contributed by atoms with E-state index < -0.39 is 6.10 Å². The van der Waals surface area contributed by atoms with Gasteiger partial charge in [-0.2, -0.15) is 0 Å². The minimum atomic E-state index is -0.571. The summed E-state index contributed by atoms with van der Waals surface area (Å²) in [5, 5.41) is 1.31. The Morgan fingerprint density at radius 2 is 1.55 bits per heavy atom. The number of likely N-dealkylation sites (N-methyl/N-ethyl adjacent to an activating group) is 1. The van der Waals surface area contributed by atoms with Crippen molar-refractivity contribution < 1.29 is 9.53 Å². The largest absolute Gasteiger partial charge is 0.481 e. The number of hydrogen-bond donors (Lipinski definition) is 0. The molecule has 0 unspecified atom stereocenters. The third kappa shape index (κ3) is 4.65. The fourth-order valence-electron chi connectivity index (χ4n) is 2.02. The normalized spacial score (nSPS) is 11.8. The van der Waals surface area contributed by atoms with Crippen molar-refractivity contribution in [3.05, 3.63) is 64.1 Å². The van der Waals surface area contributed by atoms with Crippen molar-refractivity contribution in [2.24, 2.45) is 0 Å². The molecule has 0 fully saturated rings. The standard InChI is InChI=1S/C17H17Cl2NO2/c1-12(22-16-9-7-15(19)8-10-16)17(21)20(2)11-13-3-5-14(18)6-4-13/h3-10,12H,11H2,1-2H3/t12-/m1/s1. The Bertz CT molecular complexity index is 571. The summed E-state index contributed by atoms with van der Waals surface area (Å²) in [6, 6.07) is 14.4. The third-order valence-electron chi connectivity index (χ3n) is 3.18. The quantitative estimate of drug-likeness (QED) is 0.808. The van der Waals surface area contributed by atoms with Crippen LogP contribution in [0, 0.1) is 0 Å². The smallest absolute Gasteiger partial charge is 0.263 e. The first-order valence-electron chi connectivity index (χ1n) is 6.87. The SMILES string of the molecule is C[C@@H](Oc1ccc(Cl)cc1)C(=O)N(C)Cc1ccc(Cl)cc1. The van der Waals surface area contributed by atoms with Crippen LogP contribution in [0.5, 0.6) is 5.75 Å². The van der Waals surface area contributed by atoms with Gasteiger partial charge in [-0.3, -0.25) is 4.79 Å². The number of carbonyl (C=O) groups is 1. The van der Waals surface area contributed by atoms with E-state index >= 15 is 0 Å². The lowest BCUT2D eigenvalue weighted by Gasteiger charge is -2.22. The molecule has 5 heteroatoms. The highest BCUT2D eigenvalue weighted by Gasteiger charge is 2.19. The van der Waals surface area contributed by atoms with E-state index in [1.807, 2.05) is 24.3 Å². The van der Waals surface area contributed by atoms with Gasteiger partial charge in [0.1, 0.15) is 5.75 Å². The summed E-state index contributed by atoms with van der Waals surface area (Å²) in [7, 11) is 1.75. The van der Waals surface area contributed by atoms with Crippen molar-refractivity contribution >= 4 is 29.1 Å². The number of ether oxygens (including phenoxy) is 1. The van der Waals surface area contributed by atoms with Gasteiger partial charge in [0.05, 0.1) is 0 Å². The molecule has 0 N–H and O–H groups in total. The molecule has 116 valence electrons. The van der Waals surface area contributed by atoms with Gasteiger partial charge in [-0.15, -0.1) is 0 Å². The second kappa shape index (κ2) is 7.52. The summed E-state index contributed by atoms with van der Waals surface area (Å²) < 4.78 is 5.64. The molecule has 2 aromatic carbocycles. The number of rotatable bonds is 5. The summed E-state index contributed by atoms with van der Waals surface area (Å²) in [5.74, 6) is 0.523. The lowest BCUT2D eigenvalue weighted by Crippen LogP contribution is -2.37. The Morgan fingerprint density at radius 1 is 1.05 bits per heavy atom. The van der Waals surface area contributed by atoms with E-state index in [0.717, 1.165) is 5.56 Å². The van der Waals surface area contributed by atoms with Crippen molar-refractivity contribution in [2.45, 2.75) is 19.6 Å². The molecule has 0 aliphatic rings. The second-order valence-corrected chi connectivity index (χ2v) is 5.91. The molecule has 0 saturated carbocycles. The van der Waals surface area contributed by atoms with Gasteiger partial charge in [-0.25, -0.2) is 0 Å². The van der Waals surface area contributed by atoms with Crippen LogP contribution in [0.25, 0.3) is 0 Å². The Hall–Kier alpha value is -1.71. The van der Waals surface area contributed by atoms with Crippen LogP contribution in [0.3, 0.4) is 0 Å². The molecule has 22 heavy (non-hydrogen) atoms. The van der Waals surface area contributed by atoms with Crippen LogP contribution in [0.1, 0.15) is 12.5 Å². The number of hydrogen-bond acceptors (Lipinski definition) is 2. The lowest BCUT2D eigenvalue weighted by molar-refractivity contribution is -0.137. The summed E-state index contributed by atoms with van der Waals surface area (Å²) in [4.78, 5) is 14.0. The number of nitrogens with zero attached hydrogens (tertiary/aromatic N) is 1. The van der Waals surface area contributed by atoms with Crippen LogP contribution in [0.2, 0.25) is 10.0 Å². The zero-order chi connectivity index (χ0) is 16.1. The first-order chi connectivity index (χ1) is 10.5. The predicted octanol–water partition coefficient (Wildman–Crippen LogP) is 4.42. The number of halogens is 2. The molecule has 1 amide bonds. The van der Waals surface area contributed by atoms with E-state index in [0.29, 0.717) is 22.3 Å². The highest BCUT2D eigenvalue weighted by Crippen LogP contribution is 2.18. The average molecular weight is 338 g/mol. The van der Waals surface area contributed by atoms with Crippen molar-refractivity contribution in [3.63, 3.8) is 0 Å². The molecule has 0 bridgehead atoms. The zero-order valence-corrected chi connectivity index (χ0v) is 13.9. The molecule has 0 aliphatic carbocycles. The molecule has 0 saturated heterocycles. The maximum Gasteiger partial charge on any atom is 0.263 e. The first kappa shape index (κ1) is 16.7. The highest BCUT2D eigenvalue weighted by molar-refractivity contribution is 6.30. The van der Waals surface area contributed by atoms with E-state index in [1.54, 1.807) is 43.1 Å². The monoisotopic (exact) mass is 337 g/mol. The fraction of sp³-hybridized carbons (Fsp3) is 0.235. The van der Waals surface area contributed by atoms with Gasteiger partial charge in [0.25, 0.3) is 5.91 Å². The Morgan fingerprint density at radius 3 is 2.09 bits per heavy atom. The summed E-state index contributed by atoms with van der Waals surface area (Å²) in [5.41, 5.74) is 1.01. The Balaban J connectivity index is 1.94. The molecular weight excluding hydrogens is 321 g/mol. The molecular formula is C17H17Cl2NO2. The van der Waals surface area contributed by atoms with Crippen LogP contribution < -0.4 is 4.74 Å². The van der Waals surface area contributed by atoms with Gasteiger partial charge in [0.15, 0.2) is 6.10 Å². The van der Waals surface area contributed by atoms with Gasteiger partial charge >= 0.3 is 0 Å². The van der Waals surface area contributed by atoms with Gasteiger partial charge in [0.2, 0.25) is 0 Å². The van der Waals surface area contributed by atoms with Gasteiger partial charge in [0, 0.05) is 23.6 Å². The minimum absolute atomic E-state index is 0.0927. The molecule has 2 aromatic rings. The maximum absolute atomic E-state index is 12.3. The zero-order valence-electron chi connectivity index (χ0n) is 12.4. The first-order valence-corrected chi connectivity index (χ1v) is 7.63. The van der Waals surface area contributed by atoms with E-state index in [1.165, 1.54) is 0 Å². The van der Waals surface area contributed by atoms with Crippen LogP contribution in [-0.2, 0) is 11.3 Å². The van der Waals surface area contributed by atoms with Crippen LogP contribution >= 0.6 is 23.2 Å². The number of carbonyl (C=O) groups excluding carboxylic acids is 1. The Labute approximate surface area is 140 Å². The molecule has 0 radical (unpaired) electrons.